The number of nitrogens with two attached hydrogens (primary N) is 1. The molecule has 1 aromatic rings. The second-order valence-corrected chi connectivity index (χ2v) is 4.00. The average molecular weight is 208 g/mol. The smallest absolute Gasteiger partial charge is 0.239 e. The van der Waals surface area contributed by atoms with Gasteiger partial charge in [0.05, 0.1) is 12.6 Å². The molecular formula is C10H16N4O. The highest BCUT2D eigenvalue weighted by atomic mass is 16.2. The fourth-order valence-corrected chi connectivity index (χ4v) is 1.94. The molecule has 2 N–H and O–H groups in total. The van der Waals surface area contributed by atoms with Gasteiger partial charge in [-0.3, -0.25) is 9.48 Å². The molecule has 2 rings (SSSR count). The van der Waals surface area contributed by atoms with Crippen molar-refractivity contribution in [3.63, 3.8) is 0 Å². The van der Waals surface area contributed by atoms with Crippen molar-refractivity contribution < 1.29 is 4.79 Å². The number of carbonyl (C=O) groups excluding carboxylic acids is 1. The number of likely N-dealkylation sites (tertiary alicyclic amines) is 1. The quantitative estimate of drug-likeness (QED) is 0.750. The highest BCUT2D eigenvalue weighted by Crippen LogP contribution is 2.13. The first kappa shape index (κ1) is 10.2. The summed E-state index contributed by atoms with van der Waals surface area (Å²) >= 11 is 0. The lowest BCUT2D eigenvalue weighted by molar-refractivity contribution is -0.130. The molecule has 15 heavy (non-hydrogen) atoms. The van der Waals surface area contributed by atoms with E-state index < -0.39 is 0 Å². The first-order chi connectivity index (χ1) is 7.18. The molecule has 0 radical (unpaired) electrons. The standard InChI is InChI=1S/C10H16N4O/c1-8(7-13-5-2-4-12-13)14-6-3-9(11)10(14)15/h2,4-5,8-9H,3,6-7,11H2,1H3. The van der Waals surface area contributed by atoms with Gasteiger partial charge in [0.2, 0.25) is 5.91 Å². The SMILES string of the molecule is CC(Cn1cccn1)N1CCC(N)C1=O. The molecule has 0 spiro atoms. The van der Waals surface area contributed by atoms with E-state index in [0.717, 1.165) is 19.5 Å². The summed E-state index contributed by atoms with van der Waals surface area (Å²) in [4.78, 5) is 13.5. The highest BCUT2D eigenvalue weighted by Gasteiger charge is 2.31. The third-order valence-electron chi connectivity index (χ3n) is 2.82. The number of nitrogens with zero attached hydrogens (tertiary/aromatic N) is 3. The van der Waals surface area contributed by atoms with Crippen molar-refractivity contribution in [3.8, 4) is 0 Å². The summed E-state index contributed by atoms with van der Waals surface area (Å²) in [6.45, 7) is 3.52. The second kappa shape index (κ2) is 4.02. The molecule has 5 nitrogen and oxygen atoms in total. The Morgan fingerprint density at radius 1 is 1.73 bits per heavy atom. The first-order valence-electron chi connectivity index (χ1n) is 5.22. The Labute approximate surface area is 88.8 Å². The lowest BCUT2D eigenvalue weighted by atomic mass is 10.3. The van der Waals surface area contributed by atoms with Crippen LogP contribution in [0.25, 0.3) is 0 Å². The molecule has 0 bridgehead atoms. The van der Waals surface area contributed by atoms with Crippen LogP contribution in [0.15, 0.2) is 18.5 Å². The van der Waals surface area contributed by atoms with E-state index in [0.29, 0.717) is 0 Å². The number of amides is 1. The van der Waals surface area contributed by atoms with Crippen LogP contribution in [0.2, 0.25) is 0 Å². The van der Waals surface area contributed by atoms with Crippen LogP contribution in [-0.2, 0) is 11.3 Å². The summed E-state index contributed by atoms with van der Waals surface area (Å²) in [6, 6.07) is 1.74. The lowest BCUT2D eigenvalue weighted by Gasteiger charge is -2.24. The zero-order valence-corrected chi connectivity index (χ0v) is 8.84. The number of aromatic nitrogens is 2. The molecule has 5 heteroatoms. The monoisotopic (exact) mass is 208 g/mol. The Balaban J connectivity index is 1.97. The maximum Gasteiger partial charge on any atom is 0.239 e. The summed E-state index contributed by atoms with van der Waals surface area (Å²) in [7, 11) is 0. The molecular weight excluding hydrogens is 192 g/mol. The molecule has 2 atom stereocenters. The van der Waals surface area contributed by atoms with Crippen LogP contribution in [0.5, 0.6) is 0 Å². The number of carbonyl (C=O) groups is 1. The fraction of sp³-hybridized carbons (Fsp3) is 0.600. The molecule has 2 unspecified atom stereocenters. The van der Waals surface area contributed by atoms with Crippen molar-refractivity contribution in [1.29, 1.82) is 0 Å². The van der Waals surface area contributed by atoms with Crippen molar-refractivity contribution in [2.75, 3.05) is 6.54 Å². The Kier molecular flexibility index (Phi) is 2.73. The van der Waals surface area contributed by atoms with Crippen LogP contribution < -0.4 is 5.73 Å². The minimum atomic E-state index is -0.301. The van der Waals surface area contributed by atoms with Crippen molar-refractivity contribution in [2.24, 2.45) is 5.73 Å². The lowest BCUT2D eigenvalue weighted by Crippen LogP contribution is -2.41. The van der Waals surface area contributed by atoms with E-state index in [9.17, 15) is 4.79 Å². The molecule has 1 fully saturated rings. The maximum absolute atomic E-state index is 11.6. The van der Waals surface area contributed by atoms with E-state index in [-0.39, 0.29) is 18.0 Å². The van der Waals surface area contributed by atoms with Gasteiger partial charge in [-0.05, 0) is 19.4 Å². The molecule has 0 aliphatic carbocycles. The largest absolute Gasteiger partial charge is 0.337 e. The van der Waals surface area contributed by atoms with Crippen molar-refractivity contribution in [3.05, 3.63) is 18.5 Å². The Hall–Kier alpha value is -1.36. The van der Waals surface area contributed by atoms with Crippen LogP contribution >= 0.6 is 0 Å². The normalized spacial score (nSPS) is 23.5. The van der Waals surface area contributed by atoms with Gasteiger partial charge in [-0.1, -0.05) is 0 Å². The molecule has 1 aliphatic heterocycles. The zero-order chi connectivity index (χ0) is 10.8. The molecule has 82 valence electrons. The molecule has 2 heterocycles. The summed E-state index contributed by atoms with van der Waals surface area (Å²) in [5.74, 6) is 0.0645. The predicted octanol–water partition coefficient (Wildman–Crippen LogP) is -0.169. The summed E-state index contributed by atoms with van der Waals surface area (Å²) in [5.41, 5.74) is 5.67. The van der Waals surface area contributed by atoms with Gasteiger partial charge in [-0.15, -0.1) is 0 Å². The van der Waals surface area contributed by atoms with Gasteiger partial charge >= 0.3 is 0 Å². The van der Waals surface area contributed by atoms with Gasteiger partial charge in [0.15, 0.2) is 0 Å². The molecule has 0 saturated carbocycles. The average Bonchev–Trinajstić information content (AvgIpc) is 2.79. The van der Waals surface area contributed by atoms with Gasteiger partial charge in [-0.2, -0.15) is 5.10 Å². The van der Waals surface area contributed by atoms with Crippen LogP contribution in [0.4, 0.5) is 0 Å². The number of hydrogen-bond acceptors (Lipinski definition) is 3. The fourth-order valence-electron chi connectivity index (χ4n) is 1.94. The van der Waals surface area contributed by atoms with E-state index >= 15 is 0 Å². The minimum Gasteiger partial charge on any atom is -0.337 e. The van der Waals surface area contributed by atoms with Crippen LogP contribution in [-0.4, -0.2) is 39.2 Å². The van der Waals surface area contributed by atoms with Crippen molar-refractivity contribution in [2.45, 2.75) is 32.0 Å². The number of hydrogen-bond donors (Lipinski definition) is 1. The Morgan fingerprint density at radius 3 is 3.07 bits per heavy atom. The van der Waals surface area contributed by atoms with Gasteiger partial charge in [-0.25, -0.2) is 0 Å². The van der Waals surface area contributed by atoms with Gasteiger partial charge < -0.3 is 10.6 Å². The summed E-state index contributed by atoms with van der Waals surface area (Å²) < 4.78 is 1.84. The molecule has 1 saturated heterocycles. The summed E-state index contributed by atoms with van der Waals surface area (Å²) in [5, 5.41) is 4.12. The predicted molar refractivity (Wildman–Crippen MR) is 56.0 cm³/mol. The van der Waals surface area contributed by atoms with Crippen molar-refractivity contribution in [1.82, 2.24) is 14.7 Å². The third-order valence-corrected chi connectivity index (χ3v) is 2.82. The third kappa shape index (κ3) is 2.02. The Bertz CT molecular complexity index is 335. The maximum atomic E-state index is 11.6. The van der Waals surface area contributed by atoms with E-state index in [1.807, 2.05) is 28.8 Å². The van der Waals surface area contributed by atoms with E-state index in [1.54, 1.807) is 6.20 Å². The van der Waals surface area contributed by atoms with Gasteiger partial charge in [0, 0.05) is 25.0 Å². The Morgan fingerprint density at radius 2 is 2.53 bits per heavy atom. The topological polar surface area (TPSA) is 64.2 Å². The molecule has 1 amide bonds. The second-order valence-electron chi connectivity index (χ2n) is 4.00. The summed E-state index contributed by atoms with van der Waals surface area (Å²) in [6.07, 6.45) is 4.41. The molecule has 1 aromatic heterocycles. The van der Waals surface area contributed by atoms with E-state index in [2.05, 4.69) is 5.10 Å². The first-order valence-corrected chi connectivity index (χ1v) is 5.22. The molecule has 0 aromatic carbocycles. The minimum absolute atomic E-state index is 0.0645. The zero-order valence-electron chi connectivity index (χ0n) is 8.84. The molecule has 1 aliphatic rings. The highest BCUT2D eigenvalue weighted by molar-refractivity contribution is 5.83. The van der Waals surface area contributed by atoms with Crippen LogP contribution in [0.1, 0.15) is 13.3 Å². The van der Waals surface area contributed by atoms with E-state index in [4.69, 9.17) is 5.73 Å². The van der Waals surface area contributed by atoms with Gasteiger partial charge in [0.25, 0.3) is 0 Å². The van der Waals surface area contributed by atoms with Crippen LogP contribution in [0.3, 0.4) is 0 Å². The van der Waals surface area contributed by atoms with E-state index in [1.165, 1.54) is 0 Å². The van der Waals surface area contributed by atoms with Crippen LogP contribution in [0, 0.1) is 0 Å². The number of rotatable bonds is 3. The van der Waals surface area contributed by atoms with Gasteiger partial charge in [0.1, 0.15) is 0 Å². The van der Waals surface area contributed by atoms with Crippen molar-refractivity contribution >= 4 is 5.91 Å².